The second-order valence-electron chi connectivity index (χ2n) is 11.0. The second-order valence-corrected chi connectivity index (χ2v) is 11.0. The topological polar surface area (TPSA) is 169 Å². The summed E-state index contributed by atoms with van der Waals surface area (Å²) < 4.78 is 48.9. The molecule has 3 aliphatic heterocycles. The molecule has 0 bridgehead atoms. The number of carbonyl (C=O) groups is 1. The van der Waals surface area contributed by atoms with E-state index in [-0.39, 0.29) is 30.7 Å². The molecule has 15 nitrogen and oxygen atoms in total. The number of hydrogen-bond acceptors (Lipinski definition) is 11. The number of rotatable bonds is 7. The molecule has 1 fully saturated rings. The predicted octanol–water partition coefficient (Wildman–Crippen LogP) is 0.628. The summed E-state index contributed by atoms with van der Waals surface area (Å²) in [6.07, 6.45) is 1.96. The van der Waals surface area contributed by atoms with E-state index in [2.05, 4.69) is 36.1 Å². The third kappa shape index (κ3) is 5.67. The number of hydrogen-bond donors (Lipinski definition) is 3. The Bertz CT molecular complexity index is 1880. The van der Waals surface area contributed by atoms with E-state index in [0.29, 0.717) is 29.3 Å². The highest BCUT2D eigenvalue weighted by Crippen LogP contribution is 2.34. The van der Waals surface area contributed by atoms with Gasteiger partial charge in [0.05, 0.1) is 12.9 Å². The Morgan fingerprint density at radius 1 is 1.27 bits per heavy atom. The number of aromatic nitrogens is 5. The molecule has 0 aromatic carbocycles. The number of nitrogens with one attached hydrogen (secondary N) is 3. The van der Waals surface area contributed by atoms with E-state index in [9.17, 15) is 27.6 Å². The second kappa shape index (κ2) is 11.5. The summed E-state index contributed by atoms with van der Waals surface area (Å²) in [7, 11) is 1.48. The van der Waals surface area contributed by atoms with Crippen molar-refractivity contribution in [2.75, 3.05) is 6.54 Å². The Hall–Kier alpha value is -5.00. The van der Waals surface area contributed by atoms with Gasteiger partial charge in [-0.15, -0.1) is 0 Å². The zero-order valence-electron chi connectivity index (χ0n) is 24.4. The molecule has 3 aromatic rings. The number of allylic oxidation sites excluding steroid dienone is 1. The van der Waals surface area contributed by atoms with Gasteiger partial charge in [-0.2, -0.15) is 13.2 Å². The minimum absolute atomic E-state index is 0.0279. The first-order valence-corrected chi connectivity index (χ1v) is 14.1. The number of aliphatic imine (C=N–C) groups is 2. The number of halogens is 3. The fourth-order valence-corrected chi connectivity index (χ4v) is 5.60. The van der Waals surface area contributed by atoms with Crippen molar-refractivity contribution in [3.63, 3.8) is 0 Å². The molecule has 0 spiro atoms. The monoisotopic (exact) mass is 629 g/mol. The zero-order chi connectivity index (χ0) is 32.0. The van der Waals surface area contributed by atoms with Crippen LogP contribution in [-0.4, -0.2) is 78.3 Å². The molecular weight excluding hydrogens is 599 g/mol. The van der Waals surface area contributed by atoms with Crippen molar-refractivity contribution in [3.05, 3.63) is 68.4 Å². The molecular formula is C27H30F3N11O4. The van der Waals surface area contributed by atoms with Crippen LogP contribution in [0.2, 0.25) is 0 Å². The van der Waals surface area contributed by atoms with E-state index < -0.39 is 47.9 Å². The number of nitrogens with zero attached hydrogens (tertiary/aromatic N) is 8. The van der Waals surface area contributed by atoms with Crippen molar-refractivity contribution < 1.29 is 22.5 Å². The number of imidazole rings is 1. The van der Waals surface area contributed by atoms with Gasteiger partial charge < -0.3 is 25.0 Å². The maximum absolute atomic E-state index is 13.5. The van der Waals surface area contributed by atoms with Crippen molar-refractivity contribution in [2.24, 2.45) is 17.0 Å². The molecule has 2 unspecified atom stereocenters. The van der Waals surface area contributed by atoms with Crippen LogP contribution in [0.1, 0.15) is 37.3 Å². The van der Waals surface area contributed by atoms with E-state index in [0.717, 1.165) is 4.57 Å². The van der Waals surface area contributed by atoms with Crippen molar-refractivity contribution in [1.82, 2.24) is 44.7 Å². The van der Waals surface area contributed by atoms with Crippen LogP contribution in [-0.2, 0) is 18.4 Å². The molecule has 6 heterocycles. The third-order valence-electron chi connectivity index (χ3n) is 7.94. The molecule has 0 saturated carbocycles. The molecule has 0 aliphatic carbocycles. The van der Waals surface area contributed by atoms with Crippen LogP contribution in [0.15, 0.2) is 60.2 Å². The van der Waals surface area contributed by atoms with Gasteiger partial charge in [-0.05, 0) is 32.8 Å². The van der Waals surface area contributed by atoms with Gasteiger partial charge in [-0.1, -0.05) is 5.16 Å². The van der Waals surface area contributed by atoms with Crippen molar-refractivity contribution in [2.45, 2.75) is 63.9 Å². The molecule has 238 valence electrons. The Kier molecular flexibility index (Phi) is 7.67. The SMILES string of the molecule is Cc1cc(Cn2c(=O)c3c(ncn3[C@@H](C)C(=O)NC3=CC=NC(C4=CNC(N5CCC[C@H]5C(F)(F)F)N=C4)N3)n(C)c2=O)no1. The first-order chi connectivity index (χ1) is 21.4. The summed E-state index contributed by atoms with van der Waals surface area (Å²) in [6, 6.07) is -0.869. The van der Waals surface area contributed by atoms with E-state index in [1.165, 1.54) is 39.8 Å². The predicted molar refractivity (Wildman–Crippen MR) is 155 cm³/mol. The highest BCUT2D eigenvalue weighted by molar-refractivity contribution is 5.86. The molecule has 45 heavy (non-hydrogen) atoms. The van der Waals surface area contributed by atoms with Crippen LogP contribution in [0.3, 0.4) is 0 Å². The fraction of sp³-hybridized carbons (Fsp3) is 0.444. The standard InChI is InChI=1S/C27H30F3N11O4/c1-14-9-17(37-45-14)12-40-24(43)20-22(38(3)26(40)44)34-13-41(20)15(2)23(42)36-19-6-7-31-21(35-19)16-10-32-25(33-11-16)39-8-4-5-18(39)27(28,29)30/h6-7,9-11,13,15,18,21,25,32,35H,4-5,8,12H2,1-3H3,(H,36,42)/t15-,18-,21?,25?/m0/s1. The number of amides is 1. The average molecular weight is 630 g/mol. The molecule has 1 saturated heterocycles. The van der Waals surface area contributed by atoms with Gasteiger partial charge in [0.25, 0.3) is 5.56 Å². The van der Waals surface area contributed by atoms with Gasteiger partial charge in [0.15, 0.2) is 17.5 Å². The van der Waals surface area contributed by atoms with Gasteiger partial charge in [0, 0.05) is 43.9 Å². The number of fused-ring (bicyclic) bond motifs is 1. The quantitative estimate of drug-likeness (QED) is 0.339. The summed E-state index contributed by atoms with van der Waals surface area (Å²) in [6.45, 7) is 3.42. The number of alkyl halides is 3. The van der Waals surface area contributed by atoms with Crippen molar-refractivity contribution >= 4 is 29.5 Å². The summed E-state index contributed by atoms with van der Waals surface area (Å²) in [4.78, 5) is 53.9. The molecule has 3 N–H and O–H groups in total. The number of likely N-dealkylation sites (tertiary alicyclic amines) is 1. The van der Waals surface area contributed by atoms with Gasteiger partial charge in [-0.25, -0.2) is 9.78 Å². The van der Waals surface area contributed by atoms with Gasteiger partial charge in [-0.3, -0.25) is 33.6 Å². The molecule has 18 heteroatoms. The normalized spacial score (nSPS) is 22.6. The van der Waals surface area contributed by atoms with Gasteiger partial charge in [0.2, 0.25) is 5.91 Å². The lowest BCUT2D eigenvalue weighted by Gasteiger charge is -2.33. The minimum atomic E-state index is -4.34. The maximum Gasteiger partial charge on any atom is 0.404 e. The van der Waals surface area contributed by atoms with Crippen LogP contribution in [0.25, 0.3) is 11.2 Å². The Labute approximate surface area is 252 Å². The Morgan fingerprint density at radius 2 is 2.07 bits per heavy atom. The number of aryl methyl sites for hydroxylation is 2. The summed E-state index contributed by atoms with van der Waals surface area (Å²) in [5.74, 6) is 0.333. The van der Waals surface area contributed by atoms with Crippen LogP contribution in [0, 0.1) is 6.92 Å². The first-order valence-electron chi connectivity index (χ1n) is 14.1. The zero-order valence-corrected chi connectivity index (χ0v) is 24.4. The summed E-state index contributed by atoms with van der Waals surface area (Å²) in [5, 5.41) is 12.6. The van der Waals surface area contributed by atoms with E-state index in [1.807, 2.05) is 0 Å². The Morgan fingerprint density at radius 3 is 2.76 bits per heavy atom. The lowest BCUT2D eigenvalue weighted by molar-refractivity contribution is -0.181. The minimum Gasteiger partial charge on any atom is -0.361 e. The first kappa shape index (κ1) is 30.0. The molecule has 0 radical (unpaired) electrons. The van der Waals surface area contributed by atoms with Crippen LogP contribution in [0.4, 0.5) is 13.2 Å². The summed E-state index contributed by atoms with van der Waals surface area (Å²) >= 11 is 0. The fourth-order valence-electron chi connectivity index (χ4n) is 5.60. The average Bonchev–Trinajstić information content (AvgIpc) is 3.78. The Balaban J connectivity index is 1.14. The molecule has 3 aromatic heterocycles. The van der Waals surface area contributed by atoms with E-state index in [1.54, 1.807) is 32.2 Å². The largest absolute Gasteiger partial charge is 0.404 e. The highest BCUT2D eigenvalue weighted by Gasteiger charge is 2.48. The molecule has 3 aliphatic rings. The lowest BCUT2D eigenvalue weighted by atomic mass is 10.2. The van der Waals surface area contributed by atoms with Gasteiger partial charge in [0.1, 0.15) is 35.5 Å². The highest BCUT2D eigenvalue weighted by atomic mass is 19.4. The van der Waals surface area contributed by atoms with E-state index in [4.69, 9.17) is 4.52 Å². The van der Waals surface area contributed by atoms with Crippen LogP contribution in [0.5, 0.6) is 0 Å². The smallest absolute Gasteiger partial charge is 0.361 e. The lowest BCUT2D eigenvalue weighted by Crippen LogP contribution is -2.52. The maximum atomic E-state index is 13.5. The molecule has 6 rings (SSSR count). The molecule has 1 amide bonds. The van der Waals surface area contributed by atoms with Crippen LogP contribution >= 0.6 is 0 Å². The van der Waals surface area contributed by atoms with Crippen LogP contribution < -0.4 is 27.2 Å². The van der Waals surface area contributed by atoms with Gasteiger partial charge >= 0.3 is 11.9 Å². The van der Waals surface area contributed by atoms with E-state index >= 15 is 0 Å². The number of carbonyl (C=O) groups excluding carboxylic acids is 1. The molecule has 4 atom stereocenters. The van der Waals surface area contributed by atoms with Crippen molar-refractivity contribution in [3.8, 4) is 0 Å². The third-order valence-corrected chi connectivity index (χ3v) is 7.94. The summed E-state index contributed by atoms with van der Waals surface area (Å²) in [5.41, 5.74) is -0.135. The van der Waals surface area contributed by atoms with Crippen molar-refractivity contribution in [1.29, 1.82) is 0 Å².